The molecule has 5 nitrogen and oxygen atoms in total. The second-order valence-electron chi connectivity index (χ2n) is 4.73. The van der Waals surface area contributed by atoms with Crippen molar-refractivity contribution in [2.75, 3.05) is 6.61 Å². The molecular weight excluding hydrogens is 242 g/mol. The highest BCUT2D eigenvalue weighted by atomic mass is 16.3. The van der Waals surface area contributed by atoms with Gasteiger partial charge in [-0.25, -0.2) is 0 Å². The molecule has 2 aromatic heterocycles. The monoisotopic (exact) mass is 257 g/mol. The largest absolute Gasteiger partial charge is 0.395 e. The summed E-state index contributed by atoms with van der Waals surface area (Å²) in [6, 6.07) is 5.78. The zero-order valence-electron chi connectivity index (χ0n) is 10.9. The molecule has 0 aliphatic heterocycles. The van der Waals surface area contributed by atoms with E-state index in [-0.39, 0.29) is 12.0 Å². The van der Waals surface area contributed by atoms with E-state index in [2.05, 4.69) is 5.10 Å². The molecule has 0 amide bonds. The first-order chi connectivity index (χ1) is 9.13. The second kappa shape index (κ2) is 4.20. The number of aliphatic hydroxyl groups is 1. The minimum atomic E-state index is -0.0112. The molecule has 0 saturated carbocycles. The number of aromatic nitrogens is 3. The summed E-state index contributed by atoms with van der Waals surface area (Å²) in [5.41, 5.74) is 3.21. The van der Waals surface area contributed by atoms with Crippen molar-refractivity contribution >= 4 is 21.9 Å². The van der Waals surface area contributed by atoms with E-state index in [1.807, 2.05) is 29.7 Å². The molecule has 0 radical (unpaired) electrons. The zero-order chi connectivity index (χ0) is 13.6. The number of aryl methyl sites for hydroxylation is 2. The minimum Gasteiger partial charge on any atom is -0.395 e. The average molecular weight is 257 g/mol. The van der Waals surface area contributed by atoms with Crippen molar-refractivity contribution in [2.45, 2.75) is 13.5 Å². The highest BCUT2D eigenvalue weighted by molar-refractivity contribution is 5.92. The summed E-state index contributed by atoms with van der Waals surface area (Å²) in [6.45, 7) is 2.43. The standard InChI is InChI=1S/C14H15N3O2/c1-9-3-4-11-10(7-9)14(19)13-12(8-15-16(13)2)17(11)5-6-18/h3-4,7-8,18H,5-6H2,1-2H3. The summed E-state index contributed by atoms with van der Waals surface area (Å²) in [4.78, 5) is 12.5. The van der Waals surface area contributed by atoms with E-state index >= 15 is 0 Å². The lowest BCUT2D eigenvalue weighted by Gasteiger charge is -2.12. The van der Waals surface area contributed by atoms with E-state index in [1.165, 1.54) is 0 Å². The molecule has 0 aliphatic rings. The first-order valence-electron chi connectivity index (χ1n) is 6.19. The molecule has 0 atom stereocenters. The van der Waals surface area contributed by atoms with Crippen LogP contribution in [-0.2, 0) is 13.6 Å². The molecule has 1 aromatic carbocycles. The summed E-state index contributed by atoms with van der Waals surface area (Å²) in [5.74, 6) is 0. The molecule has 5 heteroatoms. The highest BCUT2D eigenvalue weighted by Gasteiger charge is 2.13. The van der Waals surface area contributed by atoms with Crippen LogP contribution in [0.2, 0.25) is 0 Å². The van der Waals surface area contributed by atoms with Crippen molar-refractivity contribution < 1.29 is 5.11 Å². The molecule has 98 valence electrons. The van der Waals surface area contributed by atoms with Crippen LogP contribution in [0.3, 0.4) is 0 Å². The van der Waals surface area contributed by atoms with Gasteiger partial charge in [-0.1, -0.05) is 11.6 Å². The highest BCUT2D eigenvalue weighted by Crippen LogP contribution is 2.19. The van der Waals surface area contributed by atoms with E-state index in [9.17, 15) is 9.90 Å². The molecule has 0 saturated heterocycles. The number of hydrogen-bond acceptors (Lipinski definition) is 3. The Morgan fingerprint density at radius 2 is 2.11 bits per heavy atom. The van der Waals surface area contributed by atoms with Crippen LogP contribution in [0.1, 0.15) is 5.56 Å². The van der Waals surface area contributed by atoms with Crippen LogP contribution in [0, 0.1) is 6.92 Å². The molecule has 0 spiro atoms. The van der Waals surface area contributed by atoms with Gasteiger partial charge in [0.15, 0.2) is 0 Å². The third-order valence-electron chi connectivity index (χ3n) is 3.44. The van der Waals surface area contributed by atoms with Gasteiger partial charge in [-0.05, 0) is 19.1 Å². The summed E-state index contributed by atoms with van der Waals surface area (Å²) in [6.07, 6.45) is 1.67. The van der Waals surface area contributed by atoms with Crippen LogP contribution in [0.4, 0.5) is 0 Å². The number of hydrogen-bond donors (Lipinski definition) is 1. The van der Waals surface area contributed by atoms with Crippen LogP contribution >= 0.6 is 0 Å². The Hall–Kier alpha value is -2.14. The number of aliphatic hydroxyl groups excluding tert-OH is 1. The van der Waals surface area contributed by atoms with E-state index in [4.69, 9.17) is 0 Å². The number of nitrogens with zero attached hydrogens (tertiary/aromatic N) is 3. The van der Waals surface area contributed by atoms with Crippen molar-refractivity contribution in [3.05, 3.63) is 40.2 Å². The Bertz CT molecular complexity index is 830. The smallest absolute Gasteiger partial charge is 0.215 e. The Kier molecular flexibility index (Phi) is 2.64. The number of fused-ring (bicyclic) bond motifs is 2. The van der Waals surface area contributed by atoms with Crippen molar-refractivity contribution in [3.63, 3.8) is 0 Å². The maximum atomic E-state index is 12.5. The van der Waals surface area contributed by atoms with Crippen LogP contribution in [0.15, 0.2) is 29.2 Å². The summed E-state index contributed by atoms with van der Waals surface area (Å²) in [5, 5.41) is 14.1. The Labute approximate surface area is 109 Å². The first-order valence-corrected chi connectivity index (χ1v) is 6.19. The number of pyridine rings is 1. The van der Waals surface area contributed by atoms with Crippen molar-refractivity contribution in [3.8, 4) is 0 Å². The van der Waals surface area contributed by atoms with Crippen LogP contribution < -0.4 is 5.43 Å². The maximum Gasteiger partial charge on any atom is 0.215 e. The second-order valence-corrected chi connectivity index (χ2v) is 4.73. The molecule has 0 bridgehead atoms. The molecule has 2 heterocycles. The van der Waals surface area contributed by atoms with E-state index in [0.717, 1.165) is 16.6 Å². The third-order valence-corrected chi connectivity index (χ3v) is 3.44. The Balaban J connectivity index is 2.59. The maximum absolute atomic E-state index is 12.5. The topological polar surface area (TPSA) is 60.0 Å². The van der Waals surface area contributed by atoms with Gasteiger partial charge < -0.3 is 9.67 Å². The lowest BCUT2D eigenvalue weighted by atomic mass is 10.1. The van der Waals surface area contributed by atoms with Gasteiger partial charge in [0.05, 0.1) is 23.8 Å². The fraction of sp³-hybridized carbons (Fsp3) is 0.286. The fourth-order valence-corrected chi connectivity index (χ4v) is 2.55. The van der Waals surface area contributed by atoms with Crippen molar-refractivity contribution in [2.24, 2.45) is 7.05 Å². The average Bonchev–Trinajstić information content (AvgIpc) is 2.77. The van der Waals surface area contributed by atoms with Gasteiger partial charge in [0, 0.05) is 19.0 Å². The zero-order valence-corrected chi connectivity index (χ0v) is 10.9. The van der Waals surface area contributed by atoms with Crippen LogP contribution in [0.25, 0.3) is 21.9 Å². The van der Waals surface area contributed by atoms with Gasteiger partial charge in [0.25, 0.3) is 0 Å². The Morgan fingerprint density at radius 3 is 2.84 bits per heavy atom. The number of benzene rings is 1. The summed E-state index contributed by atoms with van der Waals surface area (Å²) in [7, 11) is 1.76. The molecule has 1 N–H and O–H groups in total. The van der Waals surface area contributed by atoms with Gasteiger partial charge in [-0.2, -0.15) is 5.10 Å². The molecule has 3 rings (SSSR count). The van der Waals surface area contributed by atoms with Gasteiger partial charge in [0.1, 0.15) is 5.52 Å². The molecule has 19 heavy (non-hydrogen) atoms. The predicted octanol–water partition coefficient (Wildman–Crippen LogP) is 1.19. The molecule has 0 aliphatic carbocycles. The predicted molar refractivity (Wildman–Crippen MR) is 74.3 cm³/mol. The van der Waals surface area contributed by atoms with Gasteiger partial charge in [-0.15, -0.1) is 0 Å². The third kappa shape index (κ3) is 1.66. The molecule has 0 fully saturated rings. The van der Waals surface area contributed by atoms with E-state index in [0.29, 0.717) is 17.4 Å². The van der Waals surface area contributed by atoms with Crippen molar-refractivity contribution in [1.82, 2.24) is 14.3 Å². The molecular formula is C14H15N3O2. The normalized spacial score (nSPS) is 11.5. The first kappa shape index (κ1) is 11.9. The van der Waals surface area contributed by atoms with Crippen LogP contribution in [-0.4, -0.2) is 26.1 Å². The fourth-order valence-electron chi connectivity index (χ4n) is 2.55. The lowest BCUT2D eigenvalue weighted by Crippen LogP contribution is -2.14. The molecule has 0 unspecified atom stereocenters. The lowest BCUT2D eigenvalue weighted by molar-refractivity contribution is 0.279. The van der Waals surface area contributed by atoms with E-state index < -0.39 is 0 Å². The molecule has 3 aromatic rings. The SMILES string of the molecule is Cc1ccc2c(c1)c(=O)c1c(cnn1C)n2CCO. The van der Waals surface area contributed by atoms with E-state index in [1.54, 1.807) is 17.9 Å². The summed E-state index contributed by atoms with van der Waals surface area (Å²) < 4.78 is 3.53. The van der Waals surface area contributed by atoms with Gasteiger partial charge in [0.2, 0.25) is 5.43 Å². The number of rotatable bonds is 2. The van der Waals surface area contributed by atoms with Crippen molar-refractivity contribution in [1.29, 1.82) is 0 Å². The Morgan fingerprint density at radius 1 is 1.32 bits per heavy atom. The minimum absolute atomic E-state index is 0.0112. The quantitative estimate of drug-likeness (QED) is 0.750. The van der Waals surface area contributed by atoms with Crippen LogP contribution in [0.5, 0.6) is 0 Å². The van der Waals surface area contributed by atoms with Gasteiger partial charge >= 0.3 is 0 Å². The summed E-state index contributed by atoms with van der Waals surface area (Å²) >= 11 is 0. The van der Waals surface area contributed by atoms with Gasteiger partial charge in [-0.3, -0.25) is 9.48 Å².